The number of piperazine rings is 1. The van der Waals surface area contributed by atoms with Gasteiger partial charge in [-0.1, -0.05) is 29.8 Å². The molecule has 0 atom stereocenters. The number of carbonyl (C=O) groups is 2. The molecule has 1 N–H and O–H groups in total. The quantitative estimate of drug-likeness (QED) is 0.596. The molecule has 2 aromatic carbocycles. The highest BCUT2D eigenvalue weighted by molar-refractivity contribution is 6.31. The van der Waals surface area contributed by atoms with Gasteiger partial charge in [-0.2, -0.15) is 0 Å². The summed E-state index contributed by atoms with van der Waals surface area (Å²) in [7, 11) is 0. The molecule has 29 heavy (non-hydrogen) atoms. The molecule has 2 amide bonds. The number of carbonyl (C=O) groups excluding carboxylic acids is 2. The van der Waals surface area contributed by atoms with E-state index in [1.165, 1.54) is 19.1 Å². The first-order chi connectivity index (χ1) is 13.9. The molecule has 2 aromatic rings. The molecule has 152 valence electrons. The molecule has 0 aromatic heterocycles. The number of hydrogen-bond acceptors (Lipinski definition) is 5. The van der Waals surface area contributed by atoms with Crippen molar-refractivity contribution in [2.75, 3.05) is 31.5 Å². The summed E-state index contributed by atoms with van der Waals surface area (Å²) in [4.78, 5) is 38.5. The molecule has 1 aliphatic rings. The maximum absolute atomic E-state index is 12.7. The van der Waals surface area contributed by atoms with Gasteiger partial charge in [0, 0.05) is 56.3 Å². The Labute approximate surface area is 173 Å². The number of amides is 2. The van der Waals surface area contributed by atoms with Gasteiger partial charge in [0.05, 0.1) is 4.92 Å². The van der Waals surface area contributed by atoms with E-state index in [2.05, 4.69) is 5.32 Å². The molecule has 1 saturated heterocycles. The normalized spacial score (nSPS) is 13.9. The summed E-state index contributed by atoms with van der Waals surface area (Å²) in [6.45, 7) is 3.54. The topological polar surface area (TPSA) is 95.8 Å². The Morgan fingerprint density at radius 2 is 1.76 bits per heavy atom. The second-order valence-electron chi connectivity index (χ2n) is 6.73. The fraction of sp³-hybridized carbons (Fsp3) is 0.300. The van der Waals surface area contributed by atoms with Crippen molar-refractivity contribution in [2.45, 2.75) is 13.5 Å². The third kappa shape index (κ3) is 4.83. The van der Waals surface area contributed by atoms with E-state index in [1.807, 2.05) is 18.2 Å². The Kier molecular flexibility index (Phi) is 6.33. The van der Waals surface area contributed by atoms with Crippen molar-refractivity contribution in [2.24, 2.45) is 0 Å². The van der Waals surface area contributed by atoms with Crippen LogP contribution in [0.4, 0.5) is 11.4 Å². The molecular weight excluding hydrogens is 396 g/mol. The summed E-state index contributed by atoms with van der Waals surface area (Å²) in [5, 5.41) is 15.1. The molecule has 0 aliphatic carbocycles. The molecule has 1 heterocycles. The molecule has 8 nitrogen and oxygen atoms in total. The lowest BCUT2D eigenvalue weighted by atomic mass is 10.1. The summed E-state index contributed by atoms with van der Waals surface area (Å²) in [5.74, 6) is -0.310. The molecule has 9 heteroatoms. The minimum absolute atomic E-state index is 0.0262. The van der Waals surface area contributed by atoms with Gasteiger partial charge in [-0.3, -0.25) is 19.7 Å². The van der Waals surface area contributed by atoms with Crippen LogP contribution < -0.4 is 5.32 Å². The van der Waals surface area contributed by atoms with Crippen molar-refractivity contribution < 1.29 is 14.5 Å². The number of hydrogen-bond donors (Lipinski definition) is 1. The predicted octanol–water partition coefficient (Wildman–Crippen LogP) is 3.16. The van der Waals surface area contributed by atoms with Gasteiger partial charge in [0.2, 0.25) is 5.91 Å². The number of nitrogens with zero attached hydrogens (tertiary/aromatic N) is 3. The van der Waals surface area contributed by atoms with Gasteiger partial charge in [0.25, 0.3) is 11.6 Å². The second-order valence-corrected chi connectivity index (χ2v) is 7.14. The fourth-order valence-electron chi connectivity index (χ4n) is 3.20. The lowest BCUT2D eigenvalue weighted by molar-refractivity contribution is -0.384. The molecule has 3 rings (SSSR count). The average molecular weight is 417 g/mol. The molecule has 1 aliphatic heterocycles. The van der Waals surface area contributed by atoms with Crippen molar-refractivity contribution in [1.82, 2.24) is 9.80 Å². The second kappa shape index (κ2) is 8.91. The number of nitro benzene ring substituents is 1. The minimum Gasteiger partial charge on any atom is -0.375 e. The highest BCUT2D eigenvalue weighted by Crippen LogP contribution is 2.28. The lowest BCUT2D eigenvalue weighted by Gasteiger charge is -2.34. The SMILES string of the molecule is CC(=O)N1CCN(C(=O)c2ccc(NCc3ccccc3Cl)c([N+](=O)[O-])c2)CC1. The molecule has 0 saturated carbocycles. The van der Waals surface area contributed by atoms with E-state index in [9.17, 15) is 19.7 Å². The smallest absolute Gasteiger partial charge is 0.293 e. The summed E-state index contributed by atoms with van der Waals surface area (Å²) in [6, 6.07) is 11.6. The molecule has 0 unspecified atom stereocenters. The van der Waals surface area contributed by atoms with E-state index in [4.69, 9.17) is 11.6 Å². The van der Waals surface area contributed by atoms with E-state index >= 15 is 0 Å². The Bertz CT molecular complexity index is 942. The highest BCUT2D eigenvalue weighted by Gasteiger charge is 2.25. The van der Waals surface area contributed by atoms with Crippen molar-refractivity contribution in [1.29, 1.82) is 0 Å². The van der Waals surface area contributed by atoms with Gasteiger partial charge in [0.15, 0.2) is 0 Å². The summed E-state index contributed by atoms with van der Waals surface area (Å²) in [5.41, 5.74) is 1.20. The number of anilines is 1. The third-order valence-corrected chi connectivity index (χ3v) is 5.25. The molecule has 0 radical (unpaired) electrons. The first-order valence-corrected chi connectivity index (χ1v) is 9.55. The van der Waals surface area contributed by atoms with Crippen LogP contribution in [0.15, 0.2) is 42.5 Å². The number of benzene rings is 2. The lowest BCUT2D eigenvalue weighted by Crippen LogP contribution is -2.50. The minimum atomic E-state index is -0.514. The van der Waals surface area contributed by atoms with Crippen molar-refractivity contribution in [3.63, 3.8) is 0 Å². The van der Waals surface area contributed by atoms with E-state index in [0.717, 1.165) is 5.56 Å². The largest absolute Gasteiger partial charge is 0.375 e. The van der Waals surface area contributed by atoms with Gasteiger partial charge >= 0.3 is 0 Å². The fourth-order valence-corrected chi connectivity index (χ4v) is 3.41. The Balaban J connectivity index is 1.74. The van der Waals surface area contributed by atoms with E-state index in [1.54, 1.807) is 21.9 Å². The number of halogens is 1. The van der Waals surface area contributed by atoms with Crippen molar-refractivity contribution in [3.8, 4) is 0 Å². The van der Waals surface area contributed by atoms with E-state index in [-0.39, 0.29) is 23.1 Å². The summed E-state index contributed by atoms with van der Waals surface area (Å²) in [6.07, 6.45) is 0. The highest BCUT2D eigenvalue weighted by atomic mass is 35.5. The van der Waals surface area contributed by atoms with Crippen LogP contribution in [0.1, 0.15) is 22.8 Å². The van der Waals surface area contributed by atoms with Crippen LogP contribution in [0, 0.1) is 10.1 Å². The zero-order valence-corrected chi connectivity index (χ0v) is 16.7. The van der Waals surface area contributed by atoms with Crippen LogP contribution >= 0.6 is 11.6 Å². The first-order valence-electron chi connectivity index (χ1n) is 9.17. The van der Waals surface area contributed by atoms with Crippen LogP contribution in [0.25, 0.3) is 0 Å². The first kappa shape index (κ1) is 20.6. The predicted molar refractivity (Wildman–Crippen MR) is 110 cm³/mol. The third-order valence-electron chi connectivity index (χ3n) is 4.88. The van der Waals surface area contributed by atoms with E-state index < -0.39 is 4.92 Å². The monoisotopic (exact) mass is 416 g/mol. The van der Waals surface area contributed by atoms with Crippen LogP contribution in [-0.4, -0.2) is 52.7 Å². The van der Waals surface area contributed by atoms with Crippen molar-refractivity contribution in [3.05, 3.63) is 68.7 Å². The Morgan fingerprint density at radius 3 is 2.38 bits per heavy atom. The standard InChI is InChI=1S/C20H21ClN4O4/c1-14(26)23-8-10-24(11-9-23)20(27)15-6-7-18(19(12-15)25(28)29)22-13-16-4-2-3-5-17(16)21/h2-7,12,22H,8-11,13H2,1H3. The van der Waals surface area contributed by atoms with Gasteiger partial charge in [0.1, 0.15) is 5.69 Å². The van der Waals surface area contributed by atoms with Gasteiger partial charge in [-0.25, -0.2) is 0 Å². The Hall–Kier alpha value is -3.13. The average Bonchev–Trinajstić information content (AvgIpc) is 2.72. The molecule has 1 fully saturated rings. The number of rotatable bonds is 5. The van der Waals surface area contributed by atoms with Crippen LogP contribution in [-0.2, 0) is 11.3 Å². The molecule has 0 bridgehead atoms. The maximum Gasteiger partial charge on any atom is 0.293 e. The summed E-state index contributed by atoms with van der Waals surface area (Å²) >= 11 is 6.13. The molecule has 0 spiro atoms. The van der Waals surface area contributed by atoms with Crippen molar-refractivity contribution >= 4 is 34.8 Å². The van der Waals surface area contributed by atoms with Gasteiger partial charge in [-0.05, 0) is 23.8 Å². The summed E-state index contributed by atoms with van der Waals surface area (Å²) < 4.78 is 0. The molecular formula is C20H21ClN4O4. The van der Waals surface area contributed by atoms with Crippen LogP contribution in [0.2, 0.25) is 5.02 Å². The Morgan fingerprint density at radius 1 is 1.10 bits per heavy atom. The zero-order valence-electron chi connectivity index (χ0n) is 15.9. The van der Waals surface area contributed by atoms with E-state index in [0.29, 0.717) is 43.4 Å². The van der Waals surface area contributed by atoms with Crippen LogP contribution in [0.5, 0.6) is 0 Å². The maximum atomic E-state index is 12.7. The van der Waals surface area contributed by atoms with Gasteiger partial charge < -0.3 is 15.1 Å². The van der Waals surface area contributed by atoms with Gasteiger partial charge in [-0.15, -0.1) is 0 Å². The zero-order chi connectivity index (χ0) is 21.0. The van der Waals surface area contributed by atoms with Crippen LogP contribution in [0.3, 0.4) is 0 Å². The number of nitro groups is 1. The number of nitrogens with one attached hydrogen (secondary N) is 1.